The van der Waals surface area contributed by atoms with Crippen molar-refractivity contribution < 1.29 is 19.0 Å². The van der Waals surface area contributed by atoms with Crippen LogP contribution in [-0.4, -0.2) is 44.6 Å². The highest BCUT2D eigenvalue weighted by molar-refractivity contribution is 5.89. The summed E-state index contributed by atoms with van der Waals surface area (Å²) in [5.41, 5.74) is 1.80. The van der Waals surface area contributed by atoms with Crippen molar-refractivity contribution in [1.29, 1.82) is 0 Å². The first kappa shape index (κ1) is 18.2. The first-order valence-corrected chi connectivity index (χ1v) is 9.24. The minimum absolute atomic E-state index is 0.146. The van der Waals surface area contributed by atoms with Crippen LogP contribution < -0.4 is 10.6 Å². The molecule has 2 N–H and O–H groups in total. The fourth-order valence-corrected chi connectivity index (χ4v) is 3.17. The third-order valence-electron chi connectivity index (χ3n) is 4.55. The van der Waals surface area contributed by atoms with E-state index in [0.29, 0.717) is 19.8 Å². The van der Waals surface area contributed by atoms with Crippen LogP contribution in [0.15, 0.2) is 24.3 Å². The van der Waals surface area contributed by atoms with Gasteiger partial charge in [-0.2, -0.15) is 0 Å². The van der Waals surface area contributed by atoms with Crippen LogP contribution in [0.1, 0.15) is 37.7 Å². The second-order valence-corrected chi connectivity index (χ2v) is 6.67. The first-order chi connectivity index (χ1) is 12.3. The molecule has 2 aliphatic heterocycles. The lowest BCUT2D eigenvalue weighted by atomic mass is 10.1. The zero-order chi connectivity index (χ0) is 17.3. The summed E-state index contributed by atoms with van der Waals surface area (Å²) in [6, 6.07) is 7.53. The summed E-state index contributed by atoms with van der Waals surface area (Å²) >= 11 is 0. The van der Waals surface area contributed by atoms with Crippen molar-refractivity contribution in [2.75, 3.05) is 31.7 Å². The van der Waals surface area contributed by atoms with Crippen LogP contribution in [0.5, 0.6) is 0 Å². The third-order valence-corrected chi connectivity index (χ3v) is 4.55. The number of rotatable bonds is 7. The number of carbonyl (C=O) groups is 1. The molecule has 1 aromatic rings. The second kappa shape index (κ2) is 9.75. The Morgan fingerprint density at radius 2 is 1.96 bits per heavy atom. The van der Waals surface area contributed by atoms with Crippen molar-refractivity contribution >= 4 is 11.7 Å². The van der Waals surface area contributed by atoms with E-state index in [1.807, 2.05) is 24.3 Å². The number of hydrogen-bond acceptors (Lipinski definition) is 4. The molecule has 0 spiro atoms. The summed E-state index contributed by atoms with van der Waals surface area (Å²) in [6.45, 7) is 3.33. The normalized spacial score (nSPS) is 23.4. The average molecular weight is 348 g/mol. The number of amides is 2. The number of hydrogen-bond donors (Lipinski definition) is 2. The quantitative estimate of drug-likeness (QED) is 0.795. The van der Waals surface area contributed by atoms with E-state index in [2.05, 4.69) is 10.6 Å². The molecule has 0 bridgehead atoms. The van der Waals surface area contributed by atoms with E-state index in [0.717, 1.165) is 50.1 Å². The van der Waals surface area contributed by atoms with Gasteiger partial charge < -0.3 is 24.8 Å². The SMILES string of the molecule is O=C(NC[C@@H]1CCCO1)Nc1cccc(COC[C@@H]2CCCCO2)c1. The van der Waals surface area contributed by atoms with Gasteiger partial charge in [-0.25, -0.2) is 4.79 Å². The Hall–Kier alpha value is -1.63. The Balaban J connectivity index is 1.38. The molecule has 2 aliphatic rings. The molecule has 6 heteroatoms. The van der Waals surface area contributed by atoms with E-state index in [9.17, 15) is 4.79 Å². The van der Waals surface area contributed by atoms with Crippen molar-refractivity contribution in [3.05, 3.63) is 29.8 Å². The van der Waals surface area contributed by atoms with Gasteiger partial charge in [-0.3, -0.25) is 0 Å². The van der Waals surface area contributed by atoms with Gasteiger partial charge in [0.15, 0.2) is 0 Å². The van der Waals surface area contributed by atoms with E-state index in [4.69, 9.17) is 14.2 Å². The highest BCUT2D eigenvalue weighted by Crippen LogP contribution is 2.15. The number of ether oxygens (including phenoxy) is 3. The highest BCUT2D eigenvalue weighted by atomic mass is 16.5. The van der Waals surface area contributed by atoms with Crippen LogP contribution in [-0.2, 0) is 20.8 Å². The summed E-state index contributed by atoms with van der Waals surface area (Å²) in [4.78, 5) is 12.0. The van der Waals surface area contributed by atoms with Crippen LogP contribution in [0.3, 0.4) is 0 Å². The van der Waals surface area contributed by atoms with Gasteiger partial charge >= 0.3 is 6.03 Å². The van der Waals surface area contributed by atoms with E-state index in [1.165, 1.54) is 6.42 Å². The molecule has 0 saturated carbocycles. The van der Waals surface area contributed by atoms with Gasteiger partial charge in [0.25, 0.3) is 0 Å². The summed E-state index contributed by atoms with van der Waals surface area (Å²) < 4.78 is 16.9. The molecule has 1 aromatic carbocycles. The van der Waals surface area contributed by atoms with Crippen molar-refractivity contribution in [2.45, 2.75) is 50.9 Å². The predicted octanol–water partition coefficient (Wildman–Crippen LogP) is 3.07. The van der Waals surface area contributed by atoms with E-state index in [1.54, 1.807) is 0 Å². The smallest absolute Gasteiger partial charge is 0.319 e. The summed E-state index contributed by atoms with van der Waals surface area (Å²) in [5, 5.41) is 5.72. The van der Waals surface area contributed by atoms with E-state index in [-0.39, 0.29) is 18.2 Å². The van der Waals surface area contributed by atoms with Crippen LogP contribution in [0.2, 0.25) is 0 Å². The minimum Gasteiger partial charge on any atom is -0.376 e. The lowest BCUT2D eigenvalue weighted by Gasteiger charge is -2.22. The Kier molecular flexibility index (Phi) is 7.09. The zero-order valence-electron chi connectivity index (χ0n) is 14.7. The fraction of sp³-hybridized carbons (Fsp3) is 0.632. The van der Waals surface area contributed by atoms with Gasteiger partial charge in [0.1, 0.15) is 0 Å². The van der Waals surface area contributed by atoms with Crippen molar-refractivity contribution in [2.24, 2.45) is 0 Å². The Morgan fingerprint density at radius 1 is 1.12 bits per heavy atom. The fourth-order valence-electron chi connectivity index (χ4n) is 3.17. The molecular weight excluding hydrogens is 320 g/mol. The number of carbonyl (C=O) groups excluding carboxylic acids is 1. The molecule has 2 saturated heterocycles. The van der Waals surface area contributed by atoms with Crippen molar-refractivity contribution in [3.8, 4) is 0 Å². The molecule has 2 atom stereocenters. The third kappa shape index (κ3) is 6.30. The van der Waals surface area contributed by atoms with Gasteiger partial charge in [0.05, 0.1) is 25.4 Å². The maximum atomic E-state index is 12.0. The number of urea groups is 1. The summed E-state index contributed by atoms with van der Waals surface area (Å²) in [7, 11) is 0. The van der Waals surface area contributed by atoms with Crippen LogP contribution in [0.4, 0.5) is 10.5 Å². The van der Waals surface area contributed by atoms with E-state index >= 15 is 0 Å². The highest BCUT2D eigenvalue weighted by Gasteiger charge is 2.16. The van der Waals surface area contributed by atoms with Gasteiger partial charge in [0, 0.05) is 25.4 Å². The molecule has 138 valence electrons. The predicted molar refractivity (Wildman–Crippen MR) is 95.7 cm³/mol. The largest absolute Gasteiger partial charge is 0.376 e. The molecule has 0 unspecified atom stereocenters. The molecule has 0 aromatic heterocycles. The van der Waals surface area contributed by atoms with Gasteiger partial charge in [-0.15, -0.1) is 0 Å². The Morgan fingerprint density at radius 3 is 2.76 bits per heavy atom. The molecule has 2 amide bonds. The van der Waals surface area contributed by atoms with Crippen LogP contribution in [0, 0.1) is 0 Å². The van der Waals surface area contributed by atoms with Gasteiger partial charge in [0.2, 0.25) is 0 Å². The maximum Gasteiger partial charge on any atom is 0.319 e. The first-order valence-electron chi connectivity index (χ1n) is 9.24. The Labute approximate surface area is 149 Å². The standard InChI is InChI=1S/C19H28N2O4/c22-19(20-12-17-8-4-10-24-17)21-16-6-3-5-15(11-16)13-23-14-18-7-1-2-9-25-18/h3,5-6,11,17-18H,1-2,4,7-10,12-14H2,(H2,20,21,22)/t17-,18-/m0/s1. The monoisotopic (exact) mass is 348 g/mol. The number of benzene rings is 1. The molecule has 6 nitrogen and oxygen atoms in total. The molecule has 2 fully saturated rings. The van der Waals surface area contributed by atoms with Crippen molar-refractivity contribution in [3.63, 3.8) is 0 Å². The Bertz CT molecular complexity index is 540. The molecular formula is C19H28N2O4. The van der Waals surface area contributed by atoms with Gasteiger partial charge in [-0.1, -0.05) is 12.1 Å². The number of anilines is 1. The topological polar surface area (TPSA) is 68.8 Å². The second-order valence-electron chi connectivity index (χ2n) is 6.67. The molecule has 2 heterocycles. The van der Waals surface area contributed by atoms with Crippen LogP contribution in [0.25, 0.3) is 0 Å². The lowest BCUT2D eigenvalue weighted by Crippen LogP contribution is -2.35. The molecule has 3 rings (SSSR count). The van der Waals surface area contributed by atoms with Gasteiger partial charge in [-0.05, 0) is 49.8 Å². The summed E-state index contributed by atoms with van der Waals surface area (Å²) in [6.07, 6.45) is 5.89. The van der Waals surface area contributed by atoms with Crippen molar-refractivity contribution in [1.82, 2.24) is 5.32 Å². The van der Waals surface area contributed by atoms with Crippen LogP contribution >= 0.6 is 0 Å². The zero-order valence-corrected chi connectivity index (χ0v) is 14.7. The number of nitrogens with one attached hydrogen (secondary N) is 2. The average Bonchev–Trinajstić information content (AvgIpc) is 3.15. The maximum absolute atomic E-state index is 12.0. The lowest BCUT2D eigenvalue weighted by molar-refractivity contribution is -0.0447. The molecule has 0 aliphatic carbocycles. The molecule has 25 heavy (non-hydrogen) atoms. The molecule has 0 radical (unpaired) electrons. The summed E-state index contributed by atoms with van der Waals surface area (Å²) in [5.74, 6) is 0. The van der Waals surface area contributed by atoms with E-state index < -0.39 is 0 Å². The minimum atomic E-state index is -0.204.